The van der Waals surface area contributed by atoms with Gasteiger partial charge in [-0.1, -0.05) is 36.4 Å². The van der Waals surface area contributed by atoms with Gasteiger partial charge in [-0.3, -0.25) is 4.79 Å². The molecule has 0 heterocycles. The van der Waals surface area contributed by atoms with Crippen LogP contribution in [0.5, 0.6) is 0 Å². The lowest BCUT2D eigenvalue weighted by Gasteiger charge is -2.09. The lowest BCUT2D eigenvalue weighted by atomic mass is 10.1. The van der Waals surface area contributed by atoms with Crippen molar-refractivity contribution in [1.82, 2.24) is 5.32 Å². The minimum absolute atomic E-state index is 0.0901. The predicted molar refractivity (Wildman–Crippen MR) is 92.2 cm³/mol. The molecule has 22 heavy (non-hydrogen) atoms. The molecule has 0 saturated carbocycles. The molecule has 116 valence electrons. The zero-order valence-electron chi connectivity index (χ0n) is 13.4. The number of nitrogens with one attached hydrogen (secondary N) is 2. The molecular weight excluding hydrogens is 272 g/mol. The summed E-state index contributed by atoms with van der Waals surface area (Å²) in [6, 6.07) is 16.5. The van der Waals surface area contributed by atoms with E-state index in [2.05, 4.69) is 54.8 Å². The van der Waals surface area contributed by atoms with Gasteiger partial charge in [0.25, 0.3) is 0 Å². The summed E-state index contributed by atoms with van der Waals surface area (Å²) in [5.41, 5.74) is 4.86. The van der Waals surface area contributed by atoms with Gasteiger partial charge in [0, 0.05) is 25.2 Å². The van der Waals surface area contributed by atoms with Gasteiger partial charge >= 0.3 is 0 Å². The summed E-state index contributed by atoms with van der Waals surface area (Å²) in [7, 11) is 0. The van der Waals surface area contributed by atoms with E-state index in [0.29, 0.717) is 19.5 Å². The van der Waals surface area contributed by atoms with Crippen molar-refractivity contribution in [3.8, 4) is 0 Å². The smallest absolute Gasteiger partial charge is 0.221 e. The van der Waals surface area contributed by atoms with E-state index in [-0.39, 0.29) is 5.91 Å². The molecule has 2 rings (SSSR count). The SMILES string of the molecule is Cc1ccc(NCCC(=O)NCCc2ccccc2)cc1C. The molecule has 0 radical (unpaired) electrons. The largest absolute Gasteiger partial charge is 0.385 e. The van der Waals surface area contributed by atoms with Gasteiger partial charge < -0.3 is 10.6 Å². The third-order valence-corrected chi connectivity index (χ3v) is 3.77. The van der Waals surface area contributed by atoms with Crippen molar-refractivity contribution in [2.24, 2.45) is 0 Å². The van der Waals surface area contributed by atoms with Crippen LogP contribution in [0.3, 0.4) is 0 Å². The fourth-order valence-electron chi connectivity index (χ4n) is 2.25. The lowest BCUT2D eigenvalue weighted by molar-refractivity contribution is -0.120. The minimum Gasteiger partial charge on any atom is -0.385 e. The van der Waals surface area contributed by atoms with E-state index in [1.165, 1.54) is 16.7 Å². The van der Waals surface area contributed by atoms with Gasteiger partial charge in [-0.15, -0.1) is 0 Å². The maximum atomic E-state index is 11.8. The summed E-state index contributed by atoms with van der Waals surface area (Å²) in [4.78, 5) is 11.8. The maximum absolute atomic E-state index is 11.8. The van der Waals surface area contributed by atoms with Crippen molar-refractivity contribution in [1.29, 1.82) is 0 Å². The van der Waals surface area contributed by atoms with Crippen LogP contribution in [0, 0.1) is 13.8 Å². The number of carbonyl (C=O) groups excluding carboxylic acids is 1. The molecule has 2 aromatic carbocycles. The predicted octanol–water partition coefficient (Wildman–Crippen LogP) is 3.46. The molecule has 0 aliphatic heterocycles. The molecule has 0 fully saturated rings. The van der Waals surface area contributed by atoms with E-state index in [0.717, 1.165) is 12.1 Å². The molecule has 0 spiro atoms. The highest BCUT2D eigenvalue weighted by Crippen LogP contribution is 2.13. The average molecular weight is 296 g/mol. The van der Waals surface area contributed by atoms with Crippen LogP contribution in [0.15, 0.2) is 48.5 Å². The van der Waals surface area contributed by atoms with E-state index in [1.54, 1.807) is 0 Å². The van der Waals surface area contributed by atoms with Crippen molar-refractivity contribution >= 4 is 11.6 Å². The van der Waals surface area contributed by atoms with Gasteiger partial charge in [0.15, 0.2) is 0 Å². The average Bonchev–Trinajstić information content (AvgIpc) is 2.52. The first-order valence-electron chi connectivity index (χ1n) is 7.77. The number of hydrogen-bond donors (Lipinski definition) is 2. The maximum Gasteiger partial charge on any atom is 0.221 e. The molecule has 0 unspecified atom stereocenters. The van der Waals surface area contributed by atoms with Gasteiger partial charge in [-0.25, -0.2) is 0 Å². The molecule has 3 nitrogen and oxygen atoms in total. The Kier molecular flexibility index (Phi) is 6.01. The topological polar surface area (TPSA) is 41.1 Å². The van der Waals surface area contributed by atoms with Crippen LogP contribution < -0.4 is 10.6 Å². The Morgan fingerprint density at radius 1 is 0.955 bits per heavy atom. The molecule has 0 aromatic heterocycles. The molecule has 0 aliphatic rings. The Hall–Kier alpha value is -2.29. The van der Waals surface area contributed by atoms with Crippen molar-refractivity contribution in [2.75, 3.05) is 18.4 Å². The summed E-state index contributed by atoms with van der Waals surface area (Å²) < 4.78 is 0. The van der Waals surface area contributed by atoms with E-state index in [1.807, 2.05) is 18.2 Å². The number of amides is 1. The first-order valence-corrected chi connectivity index (χ1v) is 7.77. The van der Waals surface area contributed by atoms with Gasteiger partial charge in [-0.2, -0.15) is 0 Å². The first-order chi connectivity index (χ1) is 10.6. The number of carbonyl (C=O) groups is 1. The third kappa shape index (κ3) is 5.24. The van der Waals surface area contributed by atoms with Crippen LogP contribution >= 0.6 is 0 Å². The molecule has 0 bridgehead atoms. The Morgan fingerprint density at radius 3 is 2.45 bits per heavy atom. The summed E-state index contributed by atoms with van der Waals surface area (Å²) in [5.74, 6) is 0.0901. The van der Waals surface area contributed by atoms with E-state index in [4.69, 9.17) is 0 Å². The van der Waals surface area contributed by atoms with Crippen LogP contribution in [-0.4, -0.2) is 19.0 Å². The summed E-state index contributed by atoms with van der Waals surface area (Å²) in [6.07, 6.45) is 1.36. The number of hydrogen-bond acceptors (Lipinski definition) is 2. The summed E-state index contributed by atoms with van der Waals surface area (Å²) in [5, 5.41) is 6.25. The van der Waals surface area contributed by atoms with E-state index in [9.17, 15) is 4.79 Å². The molecule has 2 aromatic rings. The Morgan fingerprint density at radius 2 is 1.73 bits per heavy atom. The molecule has 2 N–H and O–H groups in total. The van der Waals surface area contributed by atoms with Gasteiger partial charge in [-0.05, 0) is 49.1 Å². The minimum atomic E-state index is 0.0901. The normalized spacial score (nSPS) is 10.3. The van der Waals surface area contributed by atoms with Gasteiger partial charge in [0.1, 0.15) is 0 Å². The first kappa shape index (κ1) is 16.1. The Balaban J connectivity index is 1.64. The standard InChI is InChI=1S/C19H24N2O/c1-15-8-9-18(14-16(15)2)20-13-11-19(22)21-12-10-17-6-4-3-5-7-17/h3-9,14,20H,10-13H2,1-2H3,(H,21,22). The summed E-state index contributed by atoms with van der Waals surface area (Å²) in [6.45, 7) is 5.53. The van der Waals surface area contributed by atoms with Crippen molar-refractivity contribution in [3.63, 3.8) is 0 Å². The van der Waals surface area contributed by atoms with Crippen LogP contribution in [0.2, 0.25) is 0 Å². The molecule has 3 heteroatoms. The summed E-state index contributed by atoms with van der Waals surface area (Å²) >= 11 is 0. The second kappa shape index (κ2) is 8.23. The molecule has 0 aliphatic carbocycles. The monoisotopic (exact) mass is 296 g/mol. The lowest BCUT2D eigenvalue weighted by Crippen LogP contribution is -2.27. The van der Waals surface area contributed by atoms with Crippen molar-refractivity contribution in [3.05, 3.63) is 65.2 Å². The molecule has 1 amide bonds. The fraction of sp³-hybridized carbons (Fsp3) is 0.316. The van der Waals surface area contributed by atoms with Crippen molar-refractivity contribution < 1.29 is 4.79 Å². The second-order valence-corrected chi connectivity index (χ2v) is 5.56. The molecule has 0 atom stereocenters. The third-order valence-electron chi connectivity index (χ3n) is 3.77. The van der Waals surface area contributed by atoms with Gasteiger partial charge in [0.2, 0.25) is 5.91 Å². The van der Waals surface area contributed by atoms with Gasteiger partial charge in [0.05, 0.1) is 0 Å². The van der Waals surface area contributed by atoms with Crippen LogP contribution in [-0.2, 0) is 11.2 Å². The zero-order valence-corrected chi connectivity index (χ0v) is 13.4. The number of anilines is 1. The molecular formula is C19H24N2O. The van der Waals surface area contributed by atoms with E-state index >= 15 is 0 Å². The second-order valence-electron chi connectivity index (χ2n) is 5.56. The zero-order chi connectivity index (χ0) is 15.8. The number of rotatable bonds is 7. The Bertz CT molecular complexity index is 608. The fourth-order valence-corrected chi connectivity index (χ4v) is 2.25. The quantitative estimate of drug-likeness (QED) is 0.821. The highest BCUT2D eigenvalue weighted by molar-refractivity contribution is 5.76. The number of benzene rings is 2. The number of aryl methyl sites for hydroxylation is 2. The van der Waals surface area contributed by atoms with E-state index < -0.39 is 0 Å². The van der Waals surface area contributed by atoms with Crippen molar-refractivity contribution in [2.45, 2.75) is 26.7 Å². The van der Waals surface area contributed by atoms with Crippen LogP contribution in [0.4, 0.5) is 5.69 Å². The van der Waals surface area contributed by atoms with Crippen LogP contribution in [0.25, 0.3) is 0 Å². The highest BCUT2D eigenvalue weighted by Gasteiger charge is 2.01. The van der Waals surface area contributed by atoms with Crippen LogP contribution in [0.1, 0.15) is 23.1 Å². The molecule has 0 saturated heterocycles. The Labute approximate surface area is 132 Å². The highest BCUT2D eigenvalue weighted by atomic mass is 16.1.